The summed E-state index contributed by atoms with van der Waals surface area (Å²) in [6, 6.07) is 1.91. The first-order valence-corrected chi connectivity index (χ1v) is 6.88. The van der Waals surface area contributed by atoms with E-state index < -0.39 is 0 Å². The molecular formula is C13H18Cl2N2. The van der Waals surface area contributed by atoms with Crippen molar-refractivity contribution in [3.05, 3.63) is 22.8 Å². The Bertz CT molecular complexity index is 394. The molecule has 1 aliphatic heterocycles. The zero-order valence-electron chi connectivity index (χ0n) is 10.3. The molecule has 0 aromatic carbocycles. The third-order valence-electron chi connectivity index (χ3n) is 3.45. The lowest BCUT2D eigenvalue weighted by Gasteiger charge is -2.37. The van der Waals surface area contributed by atoms with Crippen LogP contribution in [0.1, 0.15) is 32.3 Å². The molecule has 17 heavy (non-hydrogen) atoms. The molecule has 2 nitrogen and oxygen atoms in total. The number of rotatable bonds is 2. The highest BCUT2D eigenvalue weighted by Gasteiger charge is 2.26. The minimum absolute atomic E-state index is 0.444. The Balaban J connectivity index is 2.13. The van der Waals surface area contributed by atoms with E-state index in [0.29, 0.717) is 16.3 Å². The Morgan fingerprint density at radius 3 is 2.53 bits per heavy atom. The van der Waals surface area contributed by atoms with Gasteiger partial charge in [0.25, 0.3) is 0 Å². The van der Waals surface area contributed by atoms with Gasteiger partial charge in [0.2, 0.25) is 0 Å². The van der Waals surface area contributed by atoms with Gasteiger partial charge in [-0.1, -0.05) is 25.4 Å². The Hall–Kier alpha value is -0.470. The summed E-state index contributed by atoms with van der Waals surface area (Å²) in [5, 5.41) is 0.711. The lowest BCUT2D eigenvalue weighted by atomic mass is 9.83. The van der Waals surface area contributed by atoms with Crippen LogP contribution in [0.2, 0.25) is 5.02 Å². The molecule has 1 aromatic heterocycles. The first-order valence-electron chi connectivity index (χ1n) is 5.97. The highest BCUT2D eigenvalue weighted by molar-refractivity contribution is 6.33. The quantitative estimate of drug-likeness (QED) is 0.754. The van der Waals surface area contributed by atoms with Gasteiger partial charge >= 0.3 is 0 Å². The maximum absolute atomic E-state index is 6.25. The molecule has 0 radical (unpaired) electrons. The van der Waals surface area contributed by atoms with Crippen LogP contribution in [0.25, 0.3) is 0 Å². The summed E-state index contributed by atoms with van der Waals surface area (Å²) in [5.74, 6) is 1.36. The van der Waals surface area contributed by atoms with Crippen molar-refractivity contribution in [2.24, 2.45) is 5.41 Å². The molecule has 4 heteroatoms. The molecule has 0 bridgehead atoms. The van der Waals surface area contributed by atoms with E-state index in [9.17, 15) is 0 Å². The van der Waals surface area contributed by atoms with Crippen LogP contribution >= 0.6 is 23.2 Å². The number of alkyl halides is 1. The summed E-state index contributed by atoms with van der Waals surface area (Å²) in [6.45, 7) is 6.69. The van der Waals surface area contributed by atoms with Crippen LogP contribution in [0.3, 0.4) is 0 Å². The summed E-state index contributed by atoms with van der Waals surface area (Å²) < 4.78 is 0. The lowest BCUT2D eigenvalue weighted by molar-refractivity contribution is 0.279. The van der Waals surface area contributed by atoms with E-state index >= 15 is 0 Å². The second kappa shape index (κ2) is 5.03. The Kier molecular flexibility index (Phi) is 3.84. The molecule has 1 fully saturated rings. The van der Waals surface area contributed by atoms with Gasteiger partial charge in [-0.2, -0.15) is 0 Å². The fourth-order valence-electron chi connectivity index (χ4n) is 2.10. The SMILES string of the molecule is CC1(C)CCN(c2ncc(CCl)cc2Cl)CC1. The van der Waals surface area contributed by atoms with E-state index in [1.54, 1.807) is 0 Å². The molecule has 0 saturated carbocycles. The zero-order valence-corrected chi connectivity index (χ0v) is 11.9. The summed E-state index contributed by atoms with van der Waals surface area (Å²) in [7, 11) is 0. The van der Waals surface area contributed by atoms with Gasteiger partial charge in [-0.3, -0.25) is 0 Å². The second-order valence-electron chi connectivity index (χ2n) is 5.43. The largest absolute Gasteiger partial charge is 0.355 e. The molecule has 2 heterocycles. The van der Waals surface area contributed by atoms with Crippen molar-refractivity contribution in [2.45, 2.75) is 32.6 Å². The Morgan fingerprint density at radius 1 is 1.35 bits per heavy atom. The number of aromatic nitrogens is 1. The number of halogens is 2. The number of hydrogen-bond acceptors (Lipinski definition) is 2. The van der Waals surface area contributed by atoms with E-state index in [1.165, 1.54) is 12.8 Å². The molecule has 0 spiro atoms. The van der Waals surface area contributed by atoms with Crippen molar-refractivity contribution in [2.75, 3.05) is 18.0 Å². The minimum Gasteiger partial charge on any atom is -0.355 e. The van der Waals surface area contributed by atoms with Gasteiger partial charge in [0.05, 0.1) is 5.02 Å². The molecule has 1 saturated heterocycles. The van der Waals surface area contributed by atoms with Crippen LogP contribution in [0, 0.1) is 5.41 Å². The van der Waals surface area contributed by atoms with Crippen molar-refractivity contribution in [3.8, 4) is 0 Å². The van der Waals surface area contributed by atoms with Gasteiger partial charge in [-0.25, -0.2) is 4.98 Å². The number of piperidine rings is 1. The third-order valence-corrected chi connectivity index (χ3v) is 4.04. The average molecular weight is 273 g/mol. The van der Waals surface area contributed by atoms with Crippen LogP contribution in [0.5, 0.6) is 0 Å². The van der Waals surface area contributed by atoms with Crippen LogP contribution in [0.4, 0.5) is 5.82 Å². The normalized spacial score (nSPS) is 19.4. The fourth-order valence-corrected chi connectivity index (χ4v) is 2.55. The zero-order chi connectivity index (χ0) is 12.5. The Morgan fingerprint density at radius 2 is 2.00 bits per heavy atom. The molecule has 1 aromatic rings. The monoisotopic (exact) mass is 272 g/mol. The van der Waals surface area contributed by atoms with Gasteiger partial charge in [-0.05, 0) is 29.9 Å². The number of pyridine rings is 1. The predicted octanol–water partition coefficient (Wildman–Crippen LogP) is 4.10. The average Bonchev–Trinajstić information content (AvgIpc) is 2.29. The van der Waals surface area contributed by atoms with Gasteiger partial charge < -0.3 is 4.90 Å². The number of nitrogens with zero attached hydrogens (tertiary/aromatic N) is 2. The summed E-state index contributed by atoms with van der Waals surface area (Å²) in [4.78, 5) is 6.70. The van der Waals surface area contributed by atoms with Crippen molar-refractivity contribution in [1.29, 1.82) is 0 Å². The highest BCUT2D eigenvalue weighted by atomic mass is 35.5. The molecule has 0 atom stereocenters. The first-order chi connectivity index (χ1) is 8.02. The van der Waals surface area contributed by atoms with Gasteiger partial charge in [-0.15, -0.1) is 11.6 Å². The van der Waals surface area contributed by atoms with E-state index in [0.717, 1.165) is 24.5 Å². The predicted molar refractivity (Wildman–Crippen MR) is 74.0 cm³/mol. The Labute approximate surface area is 113 Å². The fraction of sp³-hybridized carbons (Fsp3) is 0.615. The van der Waals surface area contributed by atoms with Gasteiger partial charge in [0.15, 0.2) is 0 Å². The number of hydrogen-bond donors (Lipinski definition) is 0. The molecule has 94 valence electrons. The first kappa shape index (κ1) is 13.0. The van der Waals surface area contributed by atoms with Gasteiger partial charge in [0, 0.05) is 25.2 Å². The second-order valence-corrected chi connectivity index (χ2v) is 6.11. The number of anilines is 1. The molecule has 1 aliphatic rings. The van der Waals surface area contributed by atoms with Crippen LogP contribution in [-0.4, -0.2) is 18.1 Å². The van der Waals surface area contributed by atoms with E-state index in [4.69, 9.17) is 23.2 Å². The van der Waals surface area contributed by atoms with E-state index in [2.05, 4.69) is 23.7 Å². The molecular weight excluding hydrogens is 255 g/mol. The van der Waals surface area contributed by atoms with Crippen molar-refractivity contribution in [3.63, 3.8) is 0 Å². The highest BCUT2D eigenvalue weighted by Crippen LogP contribution is 2.34. The smallest absolute Gasteiger partial charge is 0.147 e. The van der Waals surface area contributed by atoms with E-state index in [-0.39, 0.29) is 0 Å². The minimum atomic E-state index is 0.444. The molecule has 2 rings (SSSR count). The molecule has 0 unspecified atom stereocenters. The van der Waals surface area contributed by atoms with Crippen LogP contribution < -0.4 is 4.90 Å². The maximum atomic E-state index is 6.25. The van der Waals surface area contributed by atoms with Crippen molar-refractivity contribution >= 4 is 29.0 Å². The van der Waals surface area contributed by atoms with E-state index in [1.807, 2.05) is 12.3 Å². The topological polar surface area (TPSA) is 16.1 Å². The summed E-state index contributed by atoms with van der Waals surface area (Å²) in [6.07, 6.45) is 4.18. The van der Waals surface area contributed by atoms with Crippen LogP contribution in [-0.2, 0) is 5.88 Å². The molecule has 0 aliphatic carbocycles. The summed E-state index contributed by atoms with van der Waals surface area (Å²) in [5.41, 5.74) is 1.41. The van der Waals surface area contributed by atoms with Crippen molar-refractivity contribution in [1.82, 2.24) is 4.98 Å². The van der Waals surface area contributed by atoms with Crippen LogP contribution in [0.15, 0.2) is 12.3 Å². The maximum Gasteiger partial charge on any atom is 0.147 e. The molecule has 0 amide bonds. The van der Waals surface area contributed by atoms with Gasteiger partial charge in [0.1, 0.15) is 5.82 Å². The molecule has 0 N–H and O–H groups in total. The lowest BCUT2D eigenvalue weighted by Crippen LogP contribution is -2.37. The standard InChI is InChI=1S/C13H18Cl2N2/c1-13(2)3-5-17(6-4-13)12-11(15)7-10(8-14)9-16-12/h7,9H,3-6,8H2,1-2H3. The van der Waals surface area contributed by atoms with Crippen molar-refractivity contribution < 1.29 is 0 Å². The summed E-state index contributed by atoms with van der Waals surface area (Å²) >= 11 is 12.0. The third kappa shape index (κ3) is 3.05.